The third-order valence-electron chi connectivity index (χ3n) is 2.62. The normalized spacial score (nSPS) is 17.7. The summed E-state index contributed by atoms with van der Waals surface area (Å²) in [5, 5.41) is 9.76. The Kier molecular flexibility index (Phi) is 6.48. The van der Waals surface area contributed by atoms with Crippen molar-refractivity contribution in [3.8, 4) is 0 Å². The van der Waals surface area contributed by atoms with Crippen LogP contribution >= 0.6 is 21.8 Å². The van der Waals surface area contributed by atoms with Gasteiger partial charge in [-0.2, -0.15) is 0 Å². The summed E-state index contributed by atoms with van der Waals surface area (Å²) in [7, 11) is -0.00382. The van der Waals surface area contributed by atoms with Gasteiger partial charge < -0.3 is 10.3 Å². The summed E-state index contributed by atoms with van der Waals surface area (Å²) in [4.78, 5) is 7.62. The van der Waals surface area contributed by atoms with Crippen molar-refractivity contribution in [1.82, 2.24) is 9.88 Å². The first-order chi connectivity index (χ1) is 7.66. The molecule has 0 aromatic carbocycles. The van der Waals surface area contributed by atoms with Gasteiger partial charge in [0.05, 0.1) is 0 Å². The van der Waals surface area contributed by atoms with E-state index in [4.69, 9.17) is 0 Å². The van der Waals surface area contributed by atoms with Crippen molar-refractivity contribution in [2.45, 2.75) is 30.1 Å². The van der Waals surface area contributed by atoms with Crippen molar-refractivity contribution in [2.24, 2.45) is 0 Å². The second-order valence-corrected chi connectivity index (χ2v) is 7.06. The van der Waals surface area contributed by atoms with Gasteiger partial charge in [0.2, 0.25) is 0 Å². The van der Waals surface area contributed by atoms with Gasteiger partial charge in [0, 0.05) is 43.8 Å². The van der Waals surface area contributed by atoms with Gasteiger partial charge in [-0.15, -0.1) is 21.8 Å². The fourth-order valence-corrected chi connectivity index (χ4v) is 3.53. The molecule has 1 aliphatic rings. The largest absolute Gasteiger partial charge is 0.469 e. The predicted molar refractivity (Wildman–Crippen MR) is 73.6 cm³/mol. The Hall–Kier alpha value is 0.424. The van der Waals surface area contributed by atoms with Crippen LogP contribution in [0.5, 0.6) is 0 Å². The van der Waals surface area contributed by atoms with Crippen molar-refractivity contribution in [3.05, 3.63) is 16.5 Å². The molecule has 0 aliphatic carbocycles. The van der Waals surface area contributed by atoms with E-state index in [1.165, 1.54) is 11.3 Å². The van der Waals surface area contributed by atoms with E-state index < -0.39 is 0 Å². The second kappa shape index (κ2) is 7.12. The van der Waals surface area contributed by atoms with Crippen LogP contribution in [0.3, 0.4) is 0 Å². The van der Waals surface area contributed by atoms with Gasteiger partial charge in [-0.05, 0) is 25.8 Å². The van der Waals surface area contributed by atoms with E-state index in [1.807, 2.05) is 6.20 Å². The van der Waals surface area contributed by atoms with Crippen molar-refractivity contribution in [1.29, 1.82) is 0 Å². The molecule has 1 aromatic rings. The van der Waals surface area contributed by atoms with Crippen LogP contribution in [0.2, 0.25) is 0 Å². The molecule has 0 spiro atoms. The van der Waals surface area contributed by atoms with Gasteiger partial charge in [-0.3, -0.25) is 0 Å². The molecule has 1 unspecified atom stereocenters. The van der Waals surface area contributed by atoms with Crippen molar-refractivity contribution in [3.63, 3.8) is 0 Å². The number of nitrogens with zero attached hydrogens (tertiary/aromatic N) is 3. The van der Waals surface area contributed by atoms with Crippen LogP contribution in [0.25, 0.3) is 5.41 Å². The first-order valence-electron chi connectivity index (χ1n) is 5.37. The molecular formula is C11H16N3S2Y-. The summed E-state index contributed by atoms with van der Waals surface area (Å²) in [5.74, 6) is 4.52. The quantitative estimate of drug-likeness (QED) is 0.792. The Morgan fingerprint density at radius 3 is 2.94 bits per heavy atom. The van der Waals surface area contributed by atoms with Gasteiger partial charge in [-0.25, -0.2) is 4.98 Å². The maximum Gasteiger partial charge on any atom is 0.143 e. The van der Waals surface area contributed by atoms with Gasteiger partial charge >= 0.3 is 0 Å². The molecule has 2 rings (SSSR count). The maximum atomic E-state index is 9.76. The molecule has 1 saturated heterocycles. The molecule has 17 heavy (non-hydrogen) atoms. The van der Waals surface area contributed by atoms with Crippen LogP contribution in [-0.2, 0) is 39.3 Å². The molecule has 1 atom stereocenters. The average molecular weight is 343 g/mol. The monoisotopic (exact) mass is 343 g/mol. The Labute approximate surface area is 134 Å². The zero-order chi connectivity index (χ0) is 11.5. The zero-order valence-corrected chi connectivity index (χ0v) is 14.5. The summed E-state index contributed by atoms with van der Waals surface area (Å²) in [5.41, 5.74) is 0. The number of rotatable bonds is 3. The Bertz CT molecular complexity index is 417. The first kappa shape index (κ1) is 15.5. The topological polar surface area (TPSA) is 38.4 Å². The Balaban J connectivity index is 0.00000144. The number of hydrogen-bond acceptors (Lipinski definition) is 2. The number of likely N-dealkylation sites (tertiary alicyclic amines) is 1. The number of amidine groups is 1. The van der Waals surface area contributed by atoms with Crippen LogP contribution in [0.15, 0.2) is 10.5 Å². The Morgan fingerprint density at radius 2 is 2.35 bits per heavy atom. The maximum absolute atomic E-state index is 9.76. The smallest absolute Gasteiger partial charge is 0.143 e. The van der Waals surface area contributed by atoms with Gasteiger partial charge in [0.25, 0.3) is 0 Å². The van der Waals surface area contributed by atoms with Crippen LogP contribution in [0.4, 0.5) is 0 Å². The molecule has 6 heteroatoms. The van der Waals surface area contributed by atoms with E-state index in [-0.39, 0.29) is 43.2 Å². The van der Waals surface area contributed by atoms with E-state index in [1.54, 1.807) is 11.3 Å². The second-order valence-electron chi connectivity index (χ2n) is 4.02. The molecular weight excluding hydrogens is 327 g/mol. The first-order valence-corrected chi connectivity index (χ1v) is 7.99. The average Bonchev–Trinajstić information content (AvgIpc) is 2.70. The molecule has 2 heterocycles. The minimum absolute atomic E-state index is 0. The fourth-order valence-electron chi connectivity index (χ4n) is 1.76. The van der Waals surface area contributed by atoms with E-state index >= 15 is 0 Å². The summed E-state index contributed by atoms with van der Waals surface area (Å²) < 4.78 is 1.10. The summed E-state index contributed by atoms with van der Waals surface area (Å²) in [6.45, 7) is 1.75. The van der Waals surface area contributed by atoms with Gasteiger partial charge in [-0.1, -0.05) is 24.5 Å². The minimum Gasteiger partial charge on any atom is -0.469 e. The van der Waals surface area contributed by atoms with Crippen molar-refractivity contribution >= 4 is 33.5 Å². The summed E-state index contributed by atoms with van der Waals surface area (Å²) >= 11 is 1.71. The predicted octanol–water partition coefficient (Wildman–Crippen LogP) is 2.78. The van der Waals surface area contributed by atoms with Crippen LogP contribution in [-0.4, -0.2) is 34.4 Å². The minimum atomic E-state index is -0.00382. The fraction of sp³-hybridized carbons (Fsp3) is 0.545. The molecule has 1 radical (unpaired) electrons. The molecule has 91 valence electrons. The third kappa shape index (κ3) is 4.23. The molecule has 1 aliphatic heterocycles. The van der Waals surface area contributed by atoms with E-state index in [0.717, 1.165) is 30.3 Å². The molecule has 0 N–H and O–H groups in total. The zero-order valence-electron chi connectivity index (χ0n) is 10.1. The molecule has 1 fully saturated rings. The van der Waals surface area contributed by atoms with Crippen LogP contribution < -0.4 is 0 Å². The van der Waals surface area contributed by atoms with Crippen LogP contribution in [0.1, 0.15) is 24.1 Å². The van der Waals surface area contributed by atoms with E-state index in [2.05, 4.69) is 22.0 Å². The summed E-state index contributed by atoms with van der Waals surface area (Å²) in [6, 6.07) is 0. The molecule has 1 aromatic heterocycles. The standard InChI is InChI=1S/C11H16N3S2.Y/c1-16(2)11-13-7-9(15-11)8-14-6-4-3-5-10(14)12;/h7H,1,3-6,8H2,2H3;/q-1;. The molecule has 0 saturated carbocycles. The third-order valence-corrected chi connectivity index (χ3v) is 5.20. The van der Waals surface area contributed by atoms with Gasteiger partial charge in [0.15, 0.2) is 0 Å². The Morgan fingerprint density at radius 1 is 1.59 bits per heavy atom. The van der Waals surface area contributed by atoms with Crippen molar-refractivity contribution < 1.29 is 32.7 Å². The summed E-state index contributed by atoms with van der Waals surface area (Å²) in [6.07, 6.45) is 7.08. The van der Waals surface area contributed by atoms with Crippen molar-refractivity contribution in [2.75, 3.05) is 12.8 Å². The molecule has 3 nitrogen and oxygen atoms in total. The number of aromatic nitrogens is 1. The van der Waals surface area contributed by atoms with E-state index in [0.29, 0.717) is 5.84 Å². The number of hydrogen-bond donors (Lipinski definition) is 0. The van der Waals surface area contributed by atoms with Crippen LogP contribution in [0, 0.1) is 0 Å². The number of thiazole rings is 1. The molecule has 0 amide bonds. The SMILES string of the molecule is C=S(C)c1ncc(CN2CCCCC2=[N-])s1.[Y]. The number of piperidine rings is 1. The van der Waals surface area contributed by atoms with E-state index in [9.17, 15) is 5.41 Å². The van der Waals surface area contributed by atoms with Gasteiger partial charge in [0.1, 0.15) is 4.34 Å². The molecule has 0 bridgehead atoms.